The van der Waals surface area contributed by atoms with Crippen molar-refractivity contribution in [2.24, 2.45) is 5.73 Å². The molecule has 0 fully saturated rings. The summed E-state index contributed by atoms with van der Waals surface area (Å²) in [5.41, 5.74) is 4.96. The summed E-state index contributed by atoms with van der Waals surface area (Å²) in [5, 5.41) is 0. The Bertz CT molecular complexity index is 190. The van der Waals surface area contributed by atoms with E-state index in [1.807, 2.05) is 13.8 Å². The number of carbonyl (C=O) groups is 2. The molecule has 13 heavy (non-hydrogen) atoms. The number of carbonyl (C=O) groups excluding carboxylic acids is 2. The average Bonchev–Trinajstić information content (AvgIpc) is 2.05. The van der Waals surface area contributed by atoms with Gasteiger partial charge in [-0.3, -0.25) is 4.79 Å². The molecule has 0 radical (unpaired) electrons. The SMILES string of the molecule is CCN(CC)C(=O)N(C)CC(N)=O. The van der Waals surface area contributed by atoms with E-state index in [4.69, 9.17) is 5.73 Å². The van der Waals surface area contributed by atoms with E-state index in [1.54, 1.807) is 11.9 Å². The van der Waals surface area contributed by atoms with Gasteiger partial charge in [0.1, 0.15) is 6.54 Å². The van der Waals surface area contributed by atoms with E-state index in [1.165, 1.54) is 4.90 Å². The Hall–Kier alpha value is -1.26. The number of hydrogen-bond acceptors (Lipinski definition) is 2. The Morgan fingerprint density at radius 2 is 1.69 bits per heavy atom. The molecule has 0 saturated heterocycles. The van der Waals surface area contributed by atoms with Crippen molar-refractivity contribution >= 4 is 11.9 Å². The highest BCUT2D eigenvalue weighted by Gasteiger charge is 2.15. The maximum absolute atomic E-state index is 11.5. The maximum Gasteiger partial charge on any atom is 0.320 e. The summed E-state index contributed by atoms with van der Waals surface area (Å²) in [5.74, 6) is -0.497. The van der Waals surface area contributed by atoms with Gasteiger partial charge in [0, 0.05) is 20.1 Å². The van der Waals surface area contributed by atoms with Crippen LogP contribution in [0.3, 0.4) is 0 Å². The Morgan fingerprint density at radius 1 is 1.23 bits per heavy atom. The van der Waals surface area contributed by atoms with E-state index < -0.39 is 5.91 Å². The van der Waals surface area contributed by atoms with E-state index >= 15 is 0 Å². The predicted octanol–water partition coefficient (Wildman–Crippen LogP) is -0.135. The fourth-order valence-electron chi connectivity index (χ4n) is 1.04. The quantitative estimate of drug-likeness (QED) is 0.666. The number of hydrogen-bond donors (Lipinski definition) is 1. The molecule has 5 heteroatoms. The van der Waals surface area contributed by atoms with Crippen LogP contribution in [-0.2, 0) is 4.79 Å². The normalized spacial score (nSPS) is 9.46. The van der Waals surface area contributed by atoms with Crippen LogP contribution in [0.5, 0.6) is 0 Å². The highest BCUT2D eigenvalue weighted by atomic mass is 16.2. The van der Waals surface area contributed by atoms with Gasteiger partial charge in [0.15, 0.2) is 0 Å². The molecule has 0 saturated carbocycles. The smallest absolute Gasteiger partial charge is 0.320 e. The topological polar surface area (TPSA) is 66.6 Å². The van der Waals surface area contributed by atoms with Crippen LogP contribution in [0.2, 0.25) is 0 Å². The van der Waals surface area contributed by atoms with Crippen LogP contribution in [0.15, 0.2) is 0 Å². The molecule has 0 aliphatic heterocycles. The van der Waals surface area contributed by atoms with Gasteiger partial charge >= 0.3 is 6.03 Å². The summed E-state index contributed by atoms with van der Waals surface area (Å²) in [6.45, 7) is 5.02. The molecule has 0 atom stereocenters. The largest absolute Gasteiger partial charge is 0.368 e. The molecule has 0 unspecified atom stereocenters. The standard InChI is InChI=1S/C8H17N3O2/c1-4-11(5-2)8(13)10(3)6-7(9)12/h4-6H2,1-3H3,(H2,9,12). The molecule has 0 spiro atoms. The number of amides is 3. The molecule has 0 aromatic carbocycles. The Kier molecular flexibility index (Phi) is 4.87. The zero-order valence-corrected chi connectivity index (χ0v) is 8.41. The minimum absolute atomic E-state index is 0.0324. The second-order valence-electron chi connectivity index (χ2n) is 2.78. The molecule has 3 amide bonds. The molecule has 0 rings (SSSR count). The van der Waals surface area contributed by atoms with Crippen molar-refractivity contribution < 1.29 is 9.59 Å². The minimum atomic E-state index is -0.497. The lowest BCUT2D eigenvalue weighted by atomic mass is 10.5. The fraction of sp³-hybridized carbons (Fsp3) is 0.750. The first kappa shape index (κ1) is 11.7. The van der Waals surface area contributed by atoms with Gasteiger partial charge in [0.2, 0.25) is 5.91 Å². The summed E-state index contributed by atoms with van der Waals surface area (Å²) in [4.78, 5) is 25.0. The molecule has 0 aromatic rings. The van der Waals surface area contributed by atoms with Gasteiger partial charge in [-0.2, -0.15) is 0 Å². The van der Waals surface area contributed by atoms with E-state index in [0.29, 0.717) is 13.1 Å². The van der Waals surface area contributed by atoms with Gasteiger partial charge in [-0.15, -0.1) is 0 Å². The summed E-state index contributed by atoms with van der Waals surface area (Å²) < 4.78 is 0. The lowest BCUT2D eigenvalue weighted by Crippen LogP contribution is -2.44. The molecule has 76 valence electrons. The van der Waals surface area contributed by atoms with Crippen LogP contribution >= 0.6 is 0 Å². The highest BCUT2D eigenvalue weighted by molar-refractivity contribution is 5.82. The first-order chi connectivity index (χ1) is 6.02. The molecule has 0 aliphatic rings. The van der Waals surface area contributed by atoms with Crippen molar-refractivity contribution in [2.45, 2.75) is 13.8 Å². The molecule has 0 heterocycles. The zero-order valence-electron chi connectivity index (χ0n) is 8.41. The van der Waals surface area contributed by atoms with Crippen LogP contribution in [0.25, 0.3) is 0 Å². The van der Waals surface area contributed by atoms with Crippen molar-refractivity contribution in [2.75, 3.05) is 26.7 Å². The van der Waals surface area contributed by atoms with Crippen LogP contribution < -0.4 is 5.73 Å². The monoisotopic (exact) mass is 187 g/mol. The number of likely N-dealkylation sites (N-methyl/N-ethyl adjacent to an activating group) is 1. The summed E-state index contributed by atoms with van der Waals surface area (Å²) in [6.07, 6.45) is 0. The molecule has 5 nitrogen and oxygen atoms in total. The first-order valence-electron chi connectivity index (χ1n) is 4.31. The molecule has 0 aliphatic carbocycles. The van der Waals surface area contributed by atoms with Crippen LogP contribution in [0.1, 0.15) is 13.8 Å². The second kappa shape index (κ2) is 5.40. The van der Waals surface area contributed by atoms with Crippen molar-refractivity contribution in [3.63, 3.8) is 0 Å². The van der Waals surface area contributed by atoms with Crippen molar-refractivity contribution in [1.29, 1.82) is 0 Å². The fourth-order valence-corrected chi connectivity index (χ4v) is 1.04. The summed E-state index contributed by atoms with van der Waals surface area (Å²) >= 11 is 0. The lowest BCUT2D eigenvalue weighted by Gasteiger charge is -2.25. The van der Waals surface area contributed by atoms with E-state index in [9.17, 15) is 9.59 Å². The van der Waals surface area contributed by atoms with E-state index in [-0.39, 0.29) is 12.6 Å². The molecule has 0 bridgehead atoms. The van der Waals surface area contributed by atoms with Crippen molar-refractivity contribution in [3.05, 3.63) is 0 Å². The third kappa shape index (κ3) is 3.78. The average molecular weight is 187 g/mol. The van der Waals surface area contributed by atoms with Gasteiger partial charge in [-0.25, -0.2) is 4.79 Å². The van der Waals surface area contributed by atoms with Gasteiger partial charge < -0.3 is 15.5 Å². The second-order valence-corrected chi connectivity index (χ2v) is 2.78. The van der Waals surface area contributed by atoms with Gasteiger partial charge in [-0.05, 0) is 13.8 Å². The van der Waals surface area contributed by atoms with Gasteiger partial charge in [0.05, 0.1) is 0 Å². The number of nitrogens with zero attached hydrogens (tertiary/aromatic N) is 2. The number of urea groups is 1. The Labute approximate surface area is 78.5 Å². The van der Waals surface area contributed by atoms with Crippen molar-refractivity contribution in [3.8, 4) is 0 Å². The Morgan fingerprint density at radius 3 is 2.00 bits per heavy atom. The number of nitrogens with two attached hydrogens (primary N) is 1. The first-order valence-corrected chi connectivity index (χ1v) is 4.31. The maximum atomic E-state index is 11.5. The summed E-state index contributed by atoms with van der Waals surface area (Å²) in [7, 11) is 1.56. The number of rotatable bonds is 4. The number of primary amides is 1. The Balaban J connectivity index is 4.14. The van der Waals surface area contributed by atoms with E-state index in [2.05, 4.69) is 0 Å². The third-order valence-electron chi connectivity index (χ3n) is 1.75. The van der Waals surface area contributed by atoms with E-state index in [0.717, 1.165) is 0 Å². The van der Waals surface area contributed by atoms with Crippen LogP contribution in [0.4, 0.5) is 4.79 Å². The minimum Gasteiger partial charge on any atom is -0.368 e. The van der Waals surface area contributed by atoms with Crippen LogP contribution in [0, 0.1) is 0 Å². The third-order valence-corrected chi connectivity index (χ3v) is 1.75. The summed E-state index contributed by atoms with van der Waals surface area (Å²) in [6, 6.07) is -0.163. The zero-order chi connectivity index (χ0) is 10.4. The highest BCUT2D eigenvalue weighted by Crippen LogP contribution is 1.95. The molecule has 2 N–H and O–H groups in total. The molecular weight excluding hydrogens is 170 g/mol. The van der Waals surface area contributed by atoms with Gasteiger partial charge in [-0.1, -0.05) is 0 Å². The lowest BCUT2D eigenvalue weighted by molar-refractivity contribution is -0.118. The van der Waals surface area contributed by atoms with Crippen LogP contribution in [-0.4, -0.2) is 48.4 Å². The molecule has 0 aromatic heterocycles. The van der Waals surface area contributed by atoms with Crippen molar-refractivity contribution in [1.82, 2.24) is 9.80 Å². The predicted molar refractivity (Wildman–Crippen MR) is 50.1 cm³/mol. The molecular formula is C8H17N3O2. The van der Waals surface area contributed by atoms with Gasteiger partial charge in [0.25, 0.3) is 0 Å².